The molecule has 0 aliphatic rings. The Morgan fingerprint density at radius 3 is 2.19 bits per heavy atom. The van der Waals surface area contributed by atoms with E-state index in [4.69, 9.17) is 39.5 Å². The molecule has 0 aromatic heterocycles. The number of carbonyl (C=O) groups excluding carboxylic acids is 2. The lowest BCUT2D eigenvalue weighted by atomic mass is 10.1. The minimum absolute atomic E-state index is 0.0152. The van der Waals surface area contributed by atoms with Gasteiger partial charge in [-0.25, -0.2) is 8.42 Å². The summed E-state index contributed by atoms with van der Waals surface area (Å²) in [5.41, 5.74) is 0.703. The zero-order valence-corrected chi connectivity index (χ0v) is 26.9. The van der Waals surface area contributed by atoms with Crippen molar-refractivity contribution in [2.45, 2.75) is 57.1 Å². The second-order valence-corrected chi connectivity index (χ2v) is 12.8. The fraction of sp³-hybridized carbons (Fsp3) is 0.333. The quantitative estimate of drug-likeness (QED) is 0.225. The van der Waals surface area contributed by atoms with Crippen LogP contribution in [0.1, 0.15) is 39.2 Å². The van der Waals surface area contributed by atoms with Gasteiger partial charge in [-0.2, -0.15) is 0 Å². The van der Waals surface area contributed by atoms with Crippen LogP contribution in [0, 0.1) is 0 Å². The molecule has 0 saturated heterocycles. The molecule has 0 aliphatic carbocycles. The maximum absolute atomic E-state index is 14.2. The van der Waals surface area contributed by atoms with Crippen molar-refractivity contribution in [2.24, 2.45) is 0 Å². The van der Waals surface area contributed by atoms with E-state index in [1.165, 1.54) is 42.3 Å². The average Bonchev–Trinajstić information content (AvgIpc) is 2.96. The smallest absolute Gasteiger partial charge is 0.264 e. The third kappa shape index (κ3) is 8.10. The number of nitrogens with one attached hydrogen (secondary N) is 1. The summed E-state index contributed by atoms with van der Waals surface area (Å²) in [6, 6.07) is 16.0. The van der Waals surface area contributed by atoms with E-state index in [1.54, 1.807) is 43.3 Å². The maximum atomic E-state index is 14.2. The highest BCUT2D eigenvalue weighted by Gasteiger charge is 2.34. The van der Waals surface area contributed by atoms with Crippen LogP contribution in [-0.2, 0) is 26.2 Å². The molecule has 1 N–H and O–H groups in total. The zero-order valence-electron chi connectivity index (χ0n) is 23.8. The van der Waals surface area contributed by atoms with E-state index >= 15 is 0 Å². The average molecular weight is 655 g/mol. The Balaban J connectivity index is 2.11. The van der Waals surface area contributed by atoms with Gasteiger partial charge in [0.2, 0.25) is 11.8 Å². The molecule has 0 bridgehead atoms. The first-order valence-corrected chi connectivity index (χ1v) is 15.9. The van der Waals surface area contributed by atoms with Crippen LogP contribution in [0.15, 0.2) is 71.6 Å². The van der Waals surface area contributed by atoms with Gasteiger partial charge in [0.25, 0.3) is 10.0 Å². The van der Waals surface area contributed by atoms with Crippen LogP contribution in [0.25, 0.3) is 0 Å². The summed E-state index contributed by atoms with van der Waals surface area (Å²) in [6.45, 7) is 4.93. The molecule has 0 unspecified atom stereocenters. The summed E-state index contributed by atoms with van der Waals surface area (Å²) in [6.07, 6.45) is 0.972. The Hall–Kier alpha value is -2.98. The van der Waals surface area contributed by atoms with E-state index in [9.17, 15) is 18.0 Å². The summed E-state index contributed by atoms with van der Waals surface area (Å²) in [5.74, 6) is -0.621. The highest BCUT2D eigenvalue weighted by Crippen LogP contribution is 2.32. The molecule has 3 rings (SSSR count). The van der Waals surface area contributed by atoms with Crippen molar-refractivity contribution >= 4 is 62.3 Å². The number of amides is 2. The highest BCUT2D eigenvalue weighted by molar-refractivity contribution is 7.92. The number of methoxy groups -OCH3 is 1. The predicted octanol–water partition coefficient (Wildman–Crippen LogP) is 6.57. The van der Waals surface area contributed by atoms with Crippen LogP contribution in [-0.4, -0.2) is 50.9 Å². The van der Waals surface area contributed by atoms with E-state index < -0.39 is 28.5 Å². The van der Waals surface area contributed by atoms with Crippen LogP contribution in [0.3, 0.4) is 0 Å². The van der Waals surface area contributed by atoms with Gasteiger partial charge in [0, 0.05) is 22.6 Å². The number of benzene rings is 3. The summed E-state index contributed by atoms with van der Waals surface area (Å²) in [5, 5.41) is 3.83. The minimum atomic E-state index is -4.24. The summed E-state index contributed by atoms with van der Waals surface area (Å²) in [4.78, 5) is 28.9. The van der Waals surface area contributed by atoms with Crippen LogP contribution in [0.2, 0.25) is 15.1 Å². The molecule has 2 atom stereocenters. The Labute approximate surface area is 262 Å². The molecule has 0 spiro atoms. The second kappa shape index (κ2) is 15.0. The monoisotopic (exact) mass is 653 g/mol. The first-order chi connectivity index (χ1) is 19.9. The lowest BCUT2D eigenvalue weighted by Crippen LogP contribution is -2.53. The van der Waals surface area contributed by atoms with Crippen molar-refractivity contribution in [1.82, 2.24) is 10.2 Å². The van der Waals surface area contributed by atoms with Crippen molar-refractivity contribution < 1.29 is 22.7 Å². The van der Waals surface area contributed by atoms with Gasteiger partial charge in [-0.1, -0.05) is 72.9 Å². The summed E-state index contributed by atoms with van der Waals surface area (Å²) < 4.78 is 34.1. The molecular formula is C30H34Cl3N3O5S. The lowest BCUT2D eigenvalue weighted by molar-refractivity contribution is -0.140. The third-order valence-corrected chi connectivity index (χ3v) is 9.45. The van der Waals surface area contributed by atoms with Crippen LogP contribution >= 0.6 is 34.8 Å². The van der Waals surface area contributed by atoms with Gasteiger partial charge in [-0.05, 0) is 67.8 Å². The van der Waals surface area contributed by atoms with Gasteiger partial charge in [0.15, 0.2) is 0 Å². The van der Waals surface area contributed by atoms with Crippen molar-refractivity contribution in [3.8, 4) is 5.75 Å². The lowest BCUT2D eigenvalue weighted by Gasteiger charge is -2.34. The SMILES string of the molecule is CC[C@@H](C)NC(=O)[C@@H](CC)N(Cc1ccc(Cl)cc1Cl)C(=O)CN(c1ccc(OC)c(Cl)c1)S(=O)(=O)c1ccccc1. The highest BCUT2D eigenvalue weighted by atomic mass is 35.5. The topological polar surface area (TPSA) is 96.0 Å². The minimum Gasteiger partial charge on any atom is -0.495 e. The van der Waals surface area contributed by atoms with E-state index in [0.29, 0.717) is 27.8 Å². The Kier molecular flexibility index (Phi) is 11.9. The van der Waals surface area contributed by atoms with Gasteiger partial charge in [0.1, 0.15) is 18.3 Å². The van der Waals surface area contributed by atoms with E-state index in [1.807, 2.05) is 13.8 Å². The molecule has 2 amide bonds. The number of halogens is 3. The summed E-state index contributed by atoms with van der Waals surface area (Å²) in [7, 11) is -2.80. The molecule has 0 aliphatic heterocycles. The van der Waals surface area contributed by atoms with Crippen LogP contribution < -0.4 is 14.4 Å². The van der Waals surface area contributed by atoms with Crippen molar-refractivity contribution in [1.29, 1.82) is 0 Å². The van der Waals surface area contributed by atoms with Crippen molar-refractivity contribution in [3.63, 3.8) is 0 Å². The number of carbonyl (C=O) groups is 2. The summed E-state index contributed by atoms with van der Waals surface area (Å²) >= 11 is 18.9. The fourth-order valence-electron chi connectivity index (χ4n) is 4.25. The first kappa shape index (κ1) is 33.5. The molecular weight excluding hydrogens is 621 g/mol. The fourth-order valence-corrected chi connectivity index (χ4v) is 6.40. The van der Waals surface area contributed by atoms with Gasteiger partial charge >= 0.3 is 0 Å². The number of nitrogens with zero attached hydrogens (tertiary/aromatic N) is 2. The second-order valence-electron chi connectivity index (χ2n) is 9.64. The predicted molar refractivity (Wildman–Crippen MR) is 168 cm³/mol. The largest absolute Gasteiger partial charge is 0.495 e. The Morgan fingerprint density at radius 2 is 1.62 bits per heavy atom. The van der Waals surface area contributed by atoms with Crippen molar-refractivity contribution in [3.05, 3.63) is 87.4 Å². The molecule has 0 saturated carbocycles. The Bertz CT molecular complexity index is 1510. The molecule has 3 aromatic rings. The number of hydrogen-bond acceptors (Lipinski definition) is 5. The first-order valence-electron chi connectivity index (χ1n) is 13.4. The number of ether oxygens (including phenoxy) is 1. The van der Waals surface area contributed by atoms with Crippen LogP contribution in [0.5, 0.6) is 5.75 Å². The van der Waals surface area contributed by atoms with E-state index in [2.05, 4.69) is 5.32 Å². The molecule has 0 heterocycles. The number of sulfonamides is 1. The zero-order chi connectivity index (χ0) is 31.0. The normalized spacial score (nSPS) is 12.7. The molecule has 42 heavy (non-hydrogen) atoms. The molecule has 8 nitrogen and oxygen atoms in total. The molecule has 3 aromatic carbocycles. The number of anilines is 1. The Morgan fingerprint density at radius 1 is 0.929 bits per heavy atom. The van der Waals surface area contributed by atoms with Crippen molar-refractivity contribution in [2.75, 3.05) is 18.0 Å². The standard InChI is InChI=1S/C30H34Cl3N3O5S/c1-5-20(3)34-30(38)27(6-2)35(18-21-12-13-22(31)16-25(21)32)29(37)19-36(23-14-15-28(41-4)26(33)17-23)42(39,40)24-10-8-7-9-11-24/h7-17,20,27H,5-6,18-19H2,1-4H3,(H,34,38)/t20-,27-/m1/s1. The van der Waals surface area contributed by atoms with E-state index in [-0.39, 0.29) is 40.5 Å². The molecule has 0 fully saturated rings. The molecule has 0 radical (unpaired) electrons. The van der Waals surface area contributed by atoms with Gasteiger partial charge in [-0.15, -0.1) is 0 Å². The van der Waals surface area contributed by atoms with E-state index in [0.717, 1.165) is 4.31 Å². The van der Waals surface area contributed by atoms with Gasteiger partial charge in [-0.3, -0.25) is 13.9 Å². The molecule has 12 heteroatoms. The van der Waals surface area contributed by atoms with Gasteiger partial charge in [0.05, 0.1) is 22.7 Å². The van der Waals surface area contributed by atoms with Gasteiger partial charge < -0.3 is 15.0 Å². The third-order valence-electron chi connectivity index (χ3n) is 6.78. The number of hydrogen-bond donors (Lipinski definition) is 1. The maximum Gasteiger partial charge on any atom is 0.264 e. The van der Waals surface area contributed by atoms with Crippen LogP contribution in [0.4, 0.5) is 5.69 Å². The number of rotatable bonds is 13. The molecule has 226 valence electrons.